The number of unbranched alkanes of at least 4 members (excludes halogenated alkanes) is 2. The summed E-state index contributed by atoms with van der Waals surface area (Å²) in [6.45, 7) is 8.74. The highest BCUT2D eigenvalue weighted by Crippen LogP contribution is 2.22. The van der Waals surface area contributed by atoms with Gasteiger partial charge in [-0.2, -0.15) is 0 Å². The standard InChI is InChI=1S/C17H26ClN3/c1-4-5-6-9-17(2,3)13-19-10-15-12-21-11-14(18)7-8-16(21)20-15/h7-8,11-12,19H,4-6,9-10,13H2,1-3H3. The molecule has 2 heterocycles. The number of pyridine rings is 1. The molecule has 2 rings (SSSR count). The number of aromatic nitrogens is 2. The second-order valence-corrected chi connectivity index (χ2v) is 7.01. The van der Waals surface area contributed by atoms with Crippen LogP contribution in [0.2, 0.25) is 5.02 Å². The molecule has 0 saturated heterocycles. The van der Waals surface area contributed by atoms with Gasteiger partial charge in [0.25, 0.3) is 0 Å². The lowest BCUT2D eigenvalue weighted by Crippen LogP contribution is -2.29. The van der Waals surface area contributed by atoms with Crippen LogP contribution in [0.4, 0.5) is 0 Å². The summed E-state index contributed by atoms with van der Waals surface area (Å²) in [7, 11) is 0. The quantitative estimate of drug-likeness (QED) is 0.717. The Morgan fingerprint density at radius 1 is 1.24 bits per heavy atom. The summed E-state index contributed by atoms with van der Waals surface area (Å²) in [5.74, 6) is 0. The zero-order valence-electron chi connectivity index (χ0n) is 13.3. The second kappa shape index (κ2) is 7.28. The first kappa shape index (κ1) is 16.3. The fraction of sp³-hybridized carbons (Fsp3) is 0.588. The van der Waals surface area contributed by atoms with Crippen molar-refractivity contribution >= 4 is 17.2 Å². The zero-order chi connectivity index (χ0) is 15.3. The first-order valence-corrected chi connectivity index (χ1v) is 8.22. The van der Waals surface area contributed by atoms with Crippen LogP contribution in [-0.4, -0.2) is 15.9 Å². The second-order valence-electron chi connectivity index (χ2n) is 6.57. The number of rotatable bonds is 8. The van der Waals surface area contributed by atoms with E-state index in [-0.39, 0.29) is 0 Å². The normalized spacial score (nSPS) is 12.2. The van der Waals surface area contributed by atoms with Gasteiger partial charge in [-0.05, 0) is 24.0 Å². The highest BCUT2D eigenvalue weighted by atomic mass is 35.5. The predicted octanol–water partition coefficient (Wildman–Crippen LogP) is 4.68. The number of nitrogens with one attached hydrogen (secondary N) is 1. The fourth-order valence-corrected chi connectivity index (χ4v) is 2.74. The molecule has 0 aliphatic rings. The minimum absolute atomic E-state index is 0.345. The molecule has 2 aromatic rings. The predicted molar refractivity (Wildman–Crippen MR) is 89.8 cm³/mol. The van der Waals surface area contributed by atoms with Gasteiger partial charge in [0.1, 0.15) is 5.65 Å². The molecule has 0 unspecified atom stereocenters. The summed E-state index contributed by atoms with van der Waals surface area (Å²) >= 11 is 5.99. The Kier molecular flexibility index (Phi) is 5.65. The maximum Gasteiger partial charge on any atom is 0.137 e. The SMILES string of the molecule is CCCCCC(C)(C)CNCc1cn2cc(Cl)ccc2n1. The summed E-state index contributed by atoms with van der Waals surface area (Å²) in [5.41, 5.74) is 2.34. The van der Waals surface area contributed by atoms with Crippen molar-refractivity contribution < 1.29 is 0 Å². The van der Waals surface area contributed by atoms with E-state index in [2.05, 4.69) is 31.1 Å². The minimum atomic E-state index is 0.345. The van der Waals surface area contributed by atoms with Crippen LogP contribution in [0.5, 0.6) is 0 Å². The molecule has 0 aliphatic carbocycles. The van der Waals surface area contributed by atoms with Gasteiger partial charge in [-0.15, -0.1) is 0 Å². The minimum Gasteiger partial charge on any atom is -0.311 e. The Morgan fingerprint density at radius 3 is 2.81 bits per heavy atom. The highest BCUT2D eigenvalue weighted by Gasteiger charge is 2.16. The molecular formula is C17H26ClN3. The molecule has 0 atom stereocenters. The summed E-state index contributed by atoms with van der Waals surface area (Å²) in [4.78, 5) is 4.59. The van der Waals surface area contributed by atoms with Crippen LogP contribution in [-0.2, 0) is 6.54 Å². The van der Waals surface area contributed by atoms with Gasteiger partial charge < -0.3 is 9.72 Å². The van der Waals surface area contributed by atoms with Gasteiger partial charge in [0.2, 0.25) is 0 Å². The summed E-state index contributed by atoms with van der Waals surface area (Å²) < 4.78 is 1.98. The molecule has 0 saturated carbocycles. The van der Waals surface area contributed by atoms with Crippen LogP contribution in [0.15, 0.2) is 24.5 Å². The smallest absolute Gasteiger partial charge is 0.137 e. The molecule has 0 fully saturated rings. The van der Waals surface area contributed by atoms with Crippen LogP contribution in [0.1, 0.15) is 52.1 Å². The lowest BCUT2D eigenvalue weighted by atomic mass is 9.87. The van der Waals surface area contributed by atoms with E-state index in [1.165, 1.54) is 25.7 Å². The van der Waals surface area contributed by atoms with Gasteiger partial charge in [-0.25, -0.2) is 4.98 Å². The molecule has 0 aliphatic heterocycles. The largest absolute Gasteiger partial charge is 0.311 e. The Balaban J connectivity index is 1.84. The molecule has 21 heavy (non-hydrogen) atoms. The fourth-order valence-electron chi connectivity index (χ4n) is 2.57. The lowest BCUT2D eigenvalue weighted by Gasteiger charge is -2.24. The molecular weight excluding hydrogens is 282 g/mol. The average molecular weight is 308 g/mol. The Morgan fingerprint density at radius 2 is 2.05 bits per heavy atom. The van der Waals surface area contributed by atoms with E-state index in [0.717, 1.165) is 29.5 Å². The third-order valence-corrected chi connectivity index (χ3v) is 4.06. The Labute approximate surface area is 132 Å². The van der Waals surface area contributed by atoms with Crippen molar-refractivity contribution in [3.63, 3.8) is 0 Å². The highest BCUT2D eigenvalue weighted by molar-refractivity contribution is 6.30. The van der Waals surface area contributed by atoms with E-state index in [4.69, 9.17) is 11.6 Å². The summed E-state index contributed by atoms with van der Waals surface area (Å²) in [6, 6.07) is 3.82. The monoisotopic (exact) mass is 307 g/mol. The third-order valence-electron chi connectivity index (χ3n) is 3.83. The van der Waals surface area contributed by atoms with Crippen LogP contribution >= 0.6 is 11.6 Å². The van der Waals surface area contributed by atoms with Crippen molar-refractivity contribution in [2.24, 2.45) is 5.41 Å². The number of halogens is 1. The number of fused-ring (bicyclic) bond motifs is 1. The van der Waals surface area contributed by atoms with Crippen molar-refractivity contribution in [1.29, 1.82) is 0 Å². The van der Waals surface area contributed by atoms with Gasteiger partial charge >= 0.3 is 0 Å². The molecule has 4 heteroatoms. The van der Waals surface area contributed by atoms with E-state index < -0.39 is 0 Å². The van der Waals surface area contributed by atoms with Crippen LogP contribution in [0.3, 0.4) is 0 Å². The summed E-state index contributed by atoms with van der Waals surface area (Å²) in [5, 5.41) is 4.27. The molecule has 0 amide bonds. The van der Waals surface area contributed by atoms with Crippen molar-refractivity contribution in [2.75, 3.05) is 6.54 Å². The van der Waals surface area contributed by atoms with Crippen molar-refractivity contribution in [1.82, 2.24) is 14.7 Å². The number of imidazole rings is 1. The van der Waals surface area contributed by atoms with Crippen LogP contribution < -0.4 is 5.32 Å². The molecule has 1 N–H and O–H groups in total. The van der Waals surface area contributed by atoms with Gasteiger partial charge in [0.05, 0.1) is 10.7 Å². The number of hydrogen-bond acceptors (Lipinski definition) is 2. The Bertz CT molecular complexity index is 574. The van der Waals surface area contributed by atoms with Gasteiger partial charge in [-0.3, -0.25) is 0 Å². The first-order valence-electron chi connectivity index (χ1n) is 7.84. The maximum atomic E-state index is 5.99. The molecule has 2 aromatic heterocycles. The average Bonchev–Trinajstić information content (AvgIpc) is 2.80. The van der Waals surface area contributed by atoms with Gasteiger partial charge in [-0.1, -0.05) is 51.6 Å². The van der Waals surface area contributed by atoms with E-state index in [9.17, 15) is 0 Å². The topological polar surface area (TPSA) is 29.3 Å². The molecule has 116 valence electrons. The molecule has 0 bridgehead atoms. The maximum absolute atomic E-state index is 5.99. The van der Waals surface area contributed by atoms with E-state index >= 15 is 0 Å². The van der Waals surface area contributed by atoms with Crippen molar-refractivity contribution in [3.05, 3.63) is 35.2 Å². The van der Waals surface area contributed by atoms with Gasteiger partial charge in [0.15, 0.2) is 0 Å². The van der Waals surface area contributed by atoms with Crippen molar-refractivity contribution in [3.8, 4) is 0 Å². The lowest BCUT2D eigenvalue weighted by molar-refractivity contribution is 0.301. The third kappa shape index (κ3) is 5.01. The summed E-state index contributed by atoms with van der Waals surface area (Å²) in [6.07, 6.45) is 9.14. The zero-order valence-corrected chi connectivity index (χ0v) is 14.1. The van der Waals surface area contributed by atoms with Crippen LogP contribution in [0.25, 0.3) is 5.65 Å². The molecule has 3 nitrogen and oxygen atoms in total. The van der Waals surface area contributed by atoms with Gasteiger partial charge in [0, 0.05) is 25.5 Å². The van der Waals surface area contributed by atoms with Crippen molar-refractivity contribution in [2.45, 2.75) is 53.0 Å². The first-order chi connectivity index (χ1) is 10.00. The Hall–Kier alpha value is -1.06. The van der Waals surface area contributed by atoms with Crippen LogP contribution in [0, 0.1) is 5.41 Å². The number of hydrogen-bond donors (Lipinski definition) is 1. The van der Waals surface area contributed by atoms with E-state index in [1.54, 1.807) is 0 Å². The molecule has 0 aromatic carbocycles. The van der Waals surface area contributed by atoms with E-state index in [0.29, 0.717) is 5.41 Å². The number of nitrogens with zero attached hydrogens (tertiary/aromatic N) is 2. The molecule has 0 radical (unpaired) electrons. The molecule has 0 spiro atoms. The van der Waals surface area contributed by atoms with E-state index in [1.807, 2.05) is 28.9 Å².